The van der Waals surface area contributed by atoms with E-state index in [1.165, 1.54) is 12.8 Å². The summed E-state index contributed by atoms with van der Waals surface area (Å²) in [5, 5.41) is 6.16. The van der Waals surface area contributed by atoms with E-state index in [1.807, 2.05) is 12.1 Å². The van der Waals surface area contributed by atoms with Gasteiger partial charge in [-0.2, -0.15) is 0 Å². The van der Waals surface area contributed by atoms with Gasteiger partial charge in [-0.25, -0.2) is 4.98 Å². The Morgan fingerprint density at radius 3 is 2.95 bits per heavy atom. The average molecular weight is 290 g/mol. The molecular formula is C15H22N4O2. The summed E-state index contributed by atoms with van der Waals surface area (Å²) in [6.45, 7) is 4.31. The highest BCUT2D eigenvalue weighted by Crippen LogP contribution is 2.27. The molecule has 1 saturated heterocycles. The zero-order chi connectivity index (χ0) is 14.5. The molecule has 1 aromatic rings. The first kappa shape index (κ1) is 14.3. The Hall–Kier alpha value is -1.66. The van der Waals surface area contributed by atoms with Gasteiger partial charge in [0.15, 0.2) is 5.82 Å². The van der Waals surface area contributed by atoms with Crippen molar-refractivity contribution in [1.29, 1.82) is 0 Å². The number of aromatic nitrogens is 1. The van der Waals surface area contributed by atoms with Crippen molar-refractivity contribution in [2.45, 2.75) is 12.8 Å². The fourth-order valence-corrected chi connectivity index (χ4v) is 2.43. The first-order valence-corrected chi connectivity index (χ1v) is 7.61. The van der Waals surface area contributed by atoms with Crippen molar-refractivity contribution in [3.05, 3.63) is 18.3 Å². The molecule has 6 heteroatoms. The highest BCUT2D eigenvalue weighted by atomic mass is 16.5. The van der Waals surface area contributed by atoms with Gasteiger partial charge < -0.3 is 20.3 Å². The van der Waals surface area contributed by atoms with Crippen LogP contribution >= 0.6 is 0 Å². The van der Waals surface area contributed by atoms with E-state index in [9.17, 15) is 4.79 Å². The normalized spacial score (nSPS) is 18.6. The van der Waals surface area contributed by atoms with Crippen LogP contribution in [0.25, 0.3) is 0 Å². The van der Waals surface area contributed by atoms with Gasteiger partial charge in [0.1, 0.15) is 0 Å². The topological polar surface area (TPSA) is 66.5 Å². The van der Waals surface area contributed by atoms with Crippen molar-refractivity contribution in [2.24, 2.45) is 5.92 Å². The number of carbonyl (C=O) groups is 1. The molecule has 0 bridgehead atoms. The Balaban J connectivity index is 1.56. The Labute approximate surface area is 124 Å². The van der Waals surface area contributed by atoms with E-state index in [2.05, 4.69) is 20.5 Å². The van der Waals surface area contributed by atoms with E-state index in [-0.39, 0.29) is 5.91 Å². The first-order valence-electron chi connectivity index (χ1n) is 7.61. The van der Waals surface area contributed by atoms with Crippen molar-refractivity contribution in [1.82, 2.24) is 10.3 Å². The Morgan fingerprint density at radius 2 is 2.19 bits per heavy atom. The zero-order valence-electron chi connectivity index (χ0n) is 12.2. The minimum atomic E-state index is -0.0156. The molecule has 2 N–H and O–H groups in total. The predicted molar refractivity (Wildman–Crippen MR) is 81.5 cm³/mol. The van der Waals surface area contributed by atoms with Gasteiger partial charge in [-0.1, -0.05) is 0 Å². The lowest BCUT2D eigenvalue weighted by Crippen LogP contribution is -2.37. The molecule has 0 aromatic carbocycles. The van der Waals surface area contributed by atoms with E-state index >= 15 is 0 Å². The lowest BCUT2D eigenvalue weighted by molar-refractivity contribution is -0.115. The van der Waals surface area contributed by atoms with Crippen molar-refractivity contribution >= 4 is 17.4 Å². The number of amides is 1. The Kier molecular flexibility index (Phi) is 4.67. The molecule has 3 rings (SSSR count). The molecule has 1 saturated carbocycles. The van der Waals surface area contributed by atoms with Gasteiger partial charge in [-0.15, -0.1) is 0 Å². The lowest BCUT2D eigenvalue weighted by Gasteiger charge is -2.29. The quantitative estimate of drug-likeness (QED) is 0.813. The Morgan fingerprint density at radius 1 is 1.38 bits per heavy atom. The third-order valence-electron chi connectivity index (χ3n) is 3.79. The second-order valence-corrected chi connectivity index (χ2v) is 5.60. The van der Waals surface area contributed by atoms with Gasteiger partial charge in [0.05, 0.1) is 25.4 Å². The van der Waals surface area contributed by atoms with Gasteiger partial charge in [0.25, 0.3) is 0 Å². The molecule has 1 aliphatic carbocycles. The molecule has 1 aliphatic heterocycles. The van der Waals surface area contributed by atoms with Crippen LogP contribution in [0.1, 0.15) is 12.8 Å². The van der Waals surface area contributed by atoms with E-state index in [0.29, 0.717) is 19.8 Å². The third-order valence-corrected chi connectivity index (χ3v) is 3.79. The standard InChI is InChI=1S/C15H22N4O2/c20-14(11-16-10-12-3-4-12)18-13-2-1-5-17-15(13)19-6-8-21-9-7-19/h1-2,5,12,16H,3-4,6-11H2,(H,18,20). The van der Waals surface area contributed by atoms with Crippen LogP contribution in [-0.4, -0.2) is 50.3 Å². The number of nitrogens with one attached hydrogen (secondary N) is 2. The molecule has 2 aliphatic rings. The number of carbonyl (C=O) groups excluding carboxylic acids is 1. The van der Waals surface area contributed by atoms with Crippen LogP contribution in [0.15, 0.2) is 18.3 Å². The van der Waals surface area contributed by atoms with Crippen LogP contribution in [0, 0.1) is 5.92 Å². The van der Waals surface area contributed by atoms with E-state index < -0.39 is 0 Å². The fourth-order valence-electron chi connectivity index (χ4n) is 2.43. The molecule has 6 nitrogen and oxygen atoms in total. The van der Waals surface area contributed by atoms with Gasteiger partial charge in [0, 0.05) is 19.3 Å². The fraction of sp³-hybridized carbons (Fsp3) is 0.600. The number of pyridine rings is 1. The Bertz CT molecular complexity index is 484. The van der Waals surface area contributed by atoms with Crippen LogP contribution in [0.5, 0.6) is 0 Å². The minimum Gasteiger partial charge on any atom is -0.378 e. The van der Waals surface area contributed by atoms with Crippen LogP contribution < -0.4 is 15.5 Å². The summed E-state index contributed by atoms with van der Waals surface area (Å²) in [5.74, 6) is 1.59. The maximum Gasteiger partial charge on any atom is 0.238 e. The monoisotopic (exact) mass is 290 g/mol. The summed E-state index contributed by atoms with van der Waals surface area (Å²) in [7, 11) is 0. The van der Waals surface area contributed by atoms with Crippen molar-refractivity contribution < 1.29 is 9.53 Å². The van der Waals surface area contributed by atoms with Gasteiger partial charge >= 0.3 is 0 Å². The number of rotatable bonds is 6. The SMILES string of the molecule is O=C(CNCC1CC1)Nc1cccnc1N1CCOCC1. The summed E-state index contributed by atoms with van der Waals surface area (Å²) < 4.78 is 5.36. The first-order chi connectivity index (χ1) is 10.3. The molecule has 21 heavy (non-hydrogen) atoms. The van der Waals surface area contributed by atoms with E-state index in [4.69, 9.17) is 4.74 Å². The molecule has 0 atom stereocenters. The molecule has 2 heterocycles. The highest BCUT2D eigenvalue weighted by molar-refractivity contribution is 5.94. The lowest BCUT2D eigenvalue weighted by atomic mass is 10.3. The van der Waals surface area contributed by atoms with Crippen molar-refractivity contribution in [3.8, 4) is 0 Å². The molecule has 0 unspecified atom stereocenters. The minimum absolute atomic E-state index is 0.0156. The summed E-state index contributed by atoms with van der Waals surface area (Å²) in [4.78, 5) is 18.6. The van der Waals surface area contributed by atoms with Crippen molar-refractivity contribution in [2.75, 3.05) is 49.6 Å². The number of hydrogen-bond donors (Lipinski definition) is 2. The van der Waals surface area contributed by atoms with Crippen LogP contribution in [0.4, 0.5) is 11.5 Å². The smallest absolute Gasteiger partial charge is 0.238 e. The number of nitrogens with zero attached hydrogens (tertiary/aromatic N) is 2. The predicted octanol–water partition coefficient (Wildman–Crippen LogP) is 0.856. The third kappa shape index (κ3) is 4.15. The number of anilines is 2. The second kappa shape index (κ2) is 6.87. The number of morpholine rings is 1. The highest BCUT2D eigenvalue weighted by Gasteiger charge is 2.21. The summed E-state index contributed by atoms with van der Waals surface area (Å²) in [6.07, 6.45) is 4.34. The van der Waals surface area contributed by atoms with Crippen LogP contribution in [-0.2, 0) is 9.53 Å². The summed E-state index contributed by atoms with van der Waals surface area (Å²) in [5.41, 5.74) is 0.776. The maximum atomic E-state index is 12.0. The molecule has 1 amide bonds. The summed E-state index contributed by atoms with van der Waals surface area (Å²) in [6, 6.07) is 3.74. The zero-order valence-corrected chi connectivity index (χ0v) is 12.2. The number of ether oxygens (including phenoxy) is 1. The molecule has 2 fully saturated rings. The van der Waals surface area contributed by atoms with Crippen molar-refractivity contribution in [3.63, 3.8) is 0 Å². The summed E-state index contributed by atoms with van der Waals surface area (Å²) >= 11 is 0. The maximum absolute atomic E-state index is 12.0. The molecule has 0 radical (unpaired) electrons. The largest absolute Gasteiger partial charge is 0.378 e. The van der Waals surface area contributed by atoms with Gasteiger partial charge in [0.2, 0.25) is 5.91 Å². The second-order valence-electron chi connectivity index (χ2n) is 5.60. The van der Waals surface area contributed by atoms with Gasteiger partial charge in [-0.3, -0.25) is 4.79 Å². The van der Waals surface area contributed by atoms with Crippen LogP contribution in [0.3, 0.4) is 0 Å². The van der Waals surface area contributed by atoms with E-state index in [0.717, 1.165) is 37.1 Å². The molecule has 1 aromatic heterocycles. The number of hydrogen-bond acceptors (Lipinski definition) is 5. The van der Waals surface area contributed by atoms with E-state index in [1.54, 1.807) is 6.20 Å². The average Bonchev–Trinajstić information content (AvgIpc) is 3.33. The molecule has 114 valence electrons. The molecular weight excluding hydrogens is 268 g/mol. The van der Waals surface area contributed by atoms with Gasteiger partial charge in [-0.05, 0) is 37.4 Å². The van der Waals surface area contributed by atoms with Crippen LogP contribution in [0.2, 0.25) is 0 Å². The molecule has 0 spiro atoms.